The van der Waals surface area contributed by atoms with Crippen LogP contribution in [0.15, 0.2) is 0 Å². The summed E-state index contributed by atoms with van der Waals surface area (Å²) in [5.74, 6) is 0.143. The van der Waals surface area contributed by atoms with Gasteiger partial charge in [-0.3, -0.25) is 4.79 Å². The number of carbonyl (C=O) groups is 1. The molecule has 0 bridgehead atoms. The highest BCUT2D eigenvalue weighted by molar-refractivity contribution is 6.15. The van der Waals surface area contributed by atoms with Crippen molar-refractivity contribution in [3.05, 3.63) is 0 Å². The zero-order chi connectivity index (χ0) is 11.2. The van der Waals surface area contributed by atoms with Crippen molar-refractivity contribution in [3.8, 4) is 0 Å². The average molecular weight is 222 g/mol. The van der Waals surface area contributed by atoms with E-state index in [-0.39, 0.29) is 5.97 Å². The van der Waals surface area contributed by atoms with Crippen LogP contribution in [-0.2, 0) is 9.53 Å². The van der Waals surface area contributed by atoms with Gasteiger partial charge in [-0.2, -0.15) is 0 Å². The fraction of sp³-hybridized carbons (Fsp3) is 0.900. The first-order chi connectivity index (χ1) is 6.47. The van der Waals surface area contributed by atoms with Gasteiger partial charge in [0.25, 0.3) is 0 Å². The molecule has 0 rings (SSSR count). The quantitative estimate of drug-likeness (QED) is 0.553. The summed E-state index contributed by atoms with van der Waals surface area (Å²) in [4.78, 5) is 13.9. The lowest BCUT2D eigenvalue weighted by molar-refractivity contribution is -0.150. The standard InChI is InChI=1S/C10H20ClNO2/c1-5-8(6-2)7-14-9(13)10(3,4)12-11/h8,12H,5-7H2,1-4H3. The number of ether oxygens (including phenoxy) is 1. The molecule has 0 atom stereocenters. The molecular formula is C10H20ClNO2. The molecule has 0 unspecified atom stereocenters. The second kappa shape index (κ2) is 6.25. The maximum atomic E-state index is 11.5. The van der Waals surface area contributed by atoms with Crippen molar-refractivity contribution in [2.24, 2.45) is 5.92 Å². The van der Waals surface area contributed by atoms with Crippen molar-refractivity contribution in [3.63, 3.8) is 0 Å². The lowest BCUT2D eigenvalue weighted by atomic mass is 10.0. The van der Waals surface area contributed by atoms with Crippen LogP contribution in [0.3, 0.4) is 0 Å². The topological polar surface area (TPSA) is 38.3 Å². The Bertz CT molecular complexity index is 179. The Morgan fingerprint density at radius 2 is 1.93 bits per heavy atom. The van der Waals surface area contributed by atoms with Gasteiger partial charge >= 0.3 is 5.97 Å². The SMILES string of the molecule is CCC(CC)COC(=O)C(C)(C)NCl. The van der Waals surface area contributed by atoms with Gasteiger partial charge in [0.1, 0.15) is 5.54 Å². The average Bonchev–Trinajstić information content (AvgIpc) is 2.19. The van der Waals surface area contributed by atoms with Gasteiger partial charge in [0.15, 0.2) is 0 Å². The second-order valence-corrected chi connectivity index (χ2v) is 4.19. The summed E-state index contributed by atoms with van der Waals surface area (Å²) < 4.78 is 5.16. The number of nitrogens with one attached hydrogen (secondary N) is 1. The third kappa shape index (κ3) is 4.29. The largest absolute Gasteiger partial charge is 0.464 e. The molecule has 0 saturated carbocycles. The molecule has 0 fully saturated rings. The summed E-state index contributed by atoms with van der Waals surface area (Å²) in [6.45, 7) is 8.04. The monoisotopic (exact) mass is 221 g/mol. The third-order valence-corrected chi connectivity index (χ3v) is 2.82. The number of rotatable bonds is 6. The molecular weight excluding hydrogens is 202 g/mol. The van der Waals surface area contributed by atoms with Gasteiger partial charge in [-0.05, 0) is 31.5 Å². The van der Waals surface area contributed by atoms with E-state index in [0.29, 0.717) is 12.5 Å². The number of hydrogen-bond donors (Lipinski definition) is 1. The van der Waals surface area contributed by atoms with E-state index < -0.39 is 5.54 Å². The number of carbonyl (C=O) groups excluding carboxylic acids is 1. The first-order valence-corrected chi connectivity index (χ1v) is 5.40. The Balaban J connectivity index is 3.95. The maximum Gasteiger partial charge on any atom is 0.326 e. The lowest BCUT2D eigenvalue weighted by Gasteiger charge is -2.21. The fourth-order valence-corrected chi connectivity index (χ4v) is 1.01. The van der Waals surface area contributed by atoms with Crippen molar-refractivity contribution in [1.82, 2.24) is 4.84 Å². The van der Waals surface area contributed by atoms with Gasteiger partial charge in [-0.1, -0.05) is 26.7 Å². The van der Waals surface area contributed by atoms with Crippen molar-refractivity contribution in [2.45, 2.75) is 46.1 Å². The van der Waals surface area contributed by atoms with Crippen LogP contribution in [-0.4, -0.2) is 18.1 Å². The first kappa shape index (κ1) is 13.7. The van der Waals surface area contributed by atoms with E-state index in [0.717, 1.165) is 12.8 Å². The predicted molar refractivity (Wildman–Crippen MR) is 58.1 cm³/mol. The minimum atomic E-state index is -0.812. The van der Waals surface area contributed by atoms with Crippen LogP contribution in [0.2, 0.25) is 0 Å². The number of hydrogen-bond acceptors (Lipinski definition) is 3. The molecule has 0 aliphatic heterocycles. The van der Waals surface area contributed by atoms with Crippen LogP contribution < -0.4 is 4.84 Å². The van der Waals surface area contributed by atoms with E-state index in [2.05, 4.69) is 18.7 Å². The second-order valence-electron chi connectivity index (χ2n) is 4.00. The molecule has 1 N–H and O–H groups in total. The molecule has 0 spiro atoms. The summed E-state index contributed by atoms with van der Waals surface area (Å²) in [6.07, 6.45) is 2.05. The molecule has 0 saturated heterocycles. The van der Waals surface area contributed by atoms with Gasteiger partial charge in [0.05, 0.1) is 6.61 Å². The summed E-state index contributed by atoms with van der Waals surface area (Å²) in [6, 6.07) is 0. The van der Waals surface area contributed by atoms with Crippen molar-refractivity contribution >= 4 is 17.7 Å². The van der Waals surface area contributed by atoms with Crippen LogP contribution in [0.1, 0.15) is 40.5 Å². The Kier molecular flexibility index (Phi) is 6.12. The van der Waals surface area contributed by atoms with E-state index in [4.69, 9.17) is 16.5 Å². The summed E-state index contributed by atoms with van der Waals surface area (Å²) >= 11 is 5.42. The zero-order valence-electron chi connectivity index (χ0n) is 9.39. The molecule has 3 nitrogen and oxygen atoms in total. The number of halogens is 1. The molecule has 0 amide bonds. The lowest BCUT2D eigenvalue weighted by Crippen LogP contribution is -2.43. The summed E-state index contributed by atoms with van der Waals surface area (Å²) in [5.41, 5.74) is -0.812. The minimum Gasteiger partial charge on any atom is -0.464 e. The van der Waals surface area contributed by atoms with Crippen molar-refractivity contribution in [2.75, 3.05) is 6.61 Å². The highest BCUT2D eigenvalue weighted by Crippen LogP contribution is 2.11. The maximum absolute atomic E-state index is 11.5. The third-order valence-electron chi connectivity index (χ3n) is 2.35. The first-order valence-electron chi connectivity index (χ1n) is 5.02. The molecule has 0 radical (unpaired) electrons. The normalized spacial score (nSPS) is 11.9. The van der Waals surface area contributed by atoms with E-state index in [1.165, 1.54) is 0 Å². The van der Waals surface area contributed by atoms with Crippen LogP contribution in [0.25, 0.3) is 0 Å². The highest BCUT2D eigenvalue weighted by Gasteiger charge is 2.28. The van der Waals surface area contributed by atoms with Crippen molar-refractivity contribution in [1.29, 1.82) is 0 Å². The van der Waals surface area contributed by atoms with Gasteiger partial charge in [-0.25, -0.2) is 4.84 Å². The van der Waals surface area contributed by atoms with Crippen molar-refractivity contribution < 1.29 is 9.53 Å². The van der Waals surface area contributed by atoms with Gasteiger partial charge < -0.3 is 4.74 Å². The fourth-order valence-electron chi connectivity index (χ4n) is 0.937. The molecule has 0 aliphatic rings. The Hall–Kier alpha value is -0.280. The van der Waals surface area contributed by atoms with E-state index in [1.807, 2.05) is 0 Å². The molecule has 4 heteroatoms. The molecule has 0 aromatic heterocycles. The predicted octanol–water partition coefficient (Wildman–Crippen LogP) is 2.49. The van der Waals surface area contributed by atoms with Gasteiger partial charge in [0.2, 0.25) is 0 Å². The van der Waals surface area contributed by atoms with Gasteiger partial charge in [-0.15, -0.1) is 0 Å². The Morgan fingerprint density at radius 1 is 1.43 bits per heavy atom. The highest BCUT2D eigenvalue weighted by atomic mass is 35.5. The minimum absolute atomic E-state index is 0.306. The molecule has 14 heavy (non-hydrogen) atoms. The van der Waals surface area contributed by atoms with Crippen LogP contribution >= 0.6 is 11.8 Å². The Morgan fingerprint density at radius 3 is 2.29 bits per heavy atom. The van der Waals surface area contributed by atoms with Crippen LogP contribution in [0.4, 0.5) is 0 Å². The Labute approximate surface area is 91.3 Å². The number of esters is 1. The zero-order valence-corrected chi connectivity index (χ0v) is 10.1. The molecule has 0 aromatic carbocycles. The summed E-state index contributed by atoms with van der Waals surface area (Å²) in [5, 5.41) is 0. The molecule has 0 aromatic rings. The smallest absolute Gasteiger partial charge is 0.326 e. The summed E-state index contributed by atoms with van der Waals surface area (Å²) in [7, 11) is 0. The molecule has 84 valence electrons. The van der Waals surface area contributed by atoms with E-state index in [1.54, 1.807) is 13.8 Å². The van der Waals surface area contributed by atoms with E-state index >= 15 is 0 Å². The van der Waals surface area contributed by atoms with Crippen LogP contribution in [0, 0.1) is 5.92 Å². The molecule has 0 heterocycles. The van der Waals surface area contributed by atoms with Crippen LogP contribution in [0.5, 0.6) is 0 Å². The van der Waals surface area contributed by atoms with Gasteiger partial charge in [0, 0.05) is 0 Å². The van der Waals surface area contributed by atoms with E-state index in [9.17, 15) is 4.79 Å². The molecule has 0 aliphatic carbocycles.